The number of rotatable bonds is 10. The van der Waals surface area contributed by atoms with Crippen molar-refractivity contribution in [3.05, 3.63) is 58.4 Å². The number of benzene rings is 2. The summed E-state index contributed by atoms with van der Waals surface area (Å²) in [7, 11) is -2.67. The van der Waals surface area contributed by atoms with Crippen molar-refractivity contribution in [2.75, 3.05) is 31.4 Å². The smallest absolute Gasteiger partial charge is 0.410 e. The van der Waals surface area contributed by atoms with Gasteiger partial charge in [-0.15, -0.1) is 0 Å². The molecule has 2 heterocycles. The highest BCUT2D eigenvalue weighted by Gasteiger charge is 2.36. The highest BCUT2D eigenvalue weighted by atomic mass is 32.2. The van der Waals surface area contributed by atoms with Gasteiger partial charge in [-0.1, -0.05) is 6.92 Å². The van der Waals surface area contributed by atoms with E-state index in [9.17, 15) is 27.7 Å². The van der Waals surface area contributed by atoms with Crippen LogP contribution >= 0.6 is 0 Å². The van der Waals surface area contributed by atoms with Gasteiger partial charge in [0.2, 0.25) is 0 Å². The van der Waals surface area contributed by atoms with Crippen LogP contribution in [-0.4, -0.2) is 71.2 Å². The van der Waals surface area contributed by atoms with Gasteiger partial charge in [-0.3, -0.25) is 14.1 Å². The summed E-state index contributed by atoms with van der Waals surface area (Å²) in [5, 5.41) is 9.91. The van der Waals surface area contributed by atoms with Crippen LogP contribution in [0.2, 0.25) is 0 Å². The Morgan fingerprint density at radius 2 is 1.91 bits per heavy atom. The third-order valence-electron chi connectivity index (χ3n) is 7.67. The minimum atomic E-state index is -4.01. The molecule has 1 aliphatic heterocycles. The summed E-state index contributed by atoms with van der Waals surface area (Å²) < 4.78 is 71.2. The van der Waals surface area contributed by atoms with E-state index >= 15 is 4.39 Å². The summed E-state index contributed by atoms with van der Waals surface area (Å²) in [6.45, 7) is 7.78. The molecule has 2 aromatic carbocycles. The molecule has 12 nitrogen and oxygen atoms in total. The maximum atomic E-state index is 15.5. The fourth-order valence-electron chi connectivity index (χ4n) is 4.95. The van der Waals surface area contributed by atoms with Crippen molar-refractivity contribution < 1.29 is 31.5 Å². The number of nitriles is 1. The average molecular weight is 661 g/mol. The topological polar surface area (TPSA) is 147 Å². The van der Waals surface area contributed by atoms with Gasteiger partial charge in [-0.2, -0.15) is 18.0 Å². The summed E-state index contributed by atoms with van der Waals surface area (Å²) in [5.41, 5.74) is -2.75. The summed E-state index contributed by atoms with van der Waals surface area (Å²) in [4.78, 5) is 31.5. The number of ether oxygens (including phenoxy) is 2. The second-order valence-electron chi connectivity index (χ2n) is 12.2. The normalized spacial score (nSPS) is 15.1. The number of hydrogen-bond donors (Lipinski definition) is 1. The van der Waals surface area contributed by atoms with Crippen molar-refractivity contribution in [3.63, 3.8) is 0 Å². The molecule has 1 aliphatic rings. The van der Waals surface area contributed by atoms with E-state index in [1.54, 1.807) is 33.8 Å². The molecule has 15 heteroatoms. The average Bonchev–Trinajstić information content (AvgIpc) is 2.99. The maximum absolute atomic E-state index is 15.5. The number of alkyl halides is 1. The molecule has 4 rings (SSSR count). The molecule has 0 saturated carbocycles. The lowest BCUT2D eigenvalue weighted by Gasteiger charge is -2.37. The van der Waals surface area contributed by atoms with Crippen LogP contribution in [0.5, 0.6) is 11.5 Å². The molecule has 1 N–H and O–H groups in total. The number of nitrogens with zero attached hydrogens (tertiary/aromatic N) is 5. The lowest BCUT2D eigenvalue weighted by Crippen LogP contribution is -2.46. The van der Waals surface area contributed by atoms with Gasteiger partial charge < -0.3 is 14.4 Å². The van der Waals surface area contributed by atoms with E-state index < -0.39 is 44.7 Å². The van der Waals surface area contributed by atoms with Gasteiger partial charge in [0.05, 0.1) is 22.9 Å². The van der Waals surface area contributed by atoms with Crippen LogP contribution in [0.15, 0.2) is 41.5 Å². The van der Waals surface area contributed by atoms with E-state index in [0.29, 0.717) is 11.9 Å². The van der Waals surface area contributed by atoms with E-state index in [-0.39, 0.29) is 67.8 Å². The Balaban J connectivity index is 1.47. The van der Waals surface area contributed by atoms with Gasteiger partial charge in [-0.05, 0) is 76.8 Å². The van der Waals surface area contributed by atoms with Crippen molar-refractivity contribution in [1.29, 1.82) is 5.26 Å². The number of carbonyl (C=O) groups excluding carboxylic acids is 1. The number of hydrogen-bond acceptors (Lipinski definition) is 8. The fraction of sp³-hybridized carbons (Fsp3) is 0.484. The largest absolute Gasteiger partial charge is 0.453 e. The number of halogens is 2. The summed E-state index contributed by atoms with van der Waals surface area (Å²) in [6.07, 6.45) is 1.77. The first-order chi connectivity index (χ1) is 21.6. The predicted octanol–water partition coefficient (Wildman–Crippen LogP) is 5.33. The second-order valence-corrected chi connectivity index (χ2v) is 14.0. The Morgan fingerprint density at radius 1 is 1.22 bits per heavy atom. The first-order valence-corrected chi connectivity index (χ1v) is 16.3. The summed E-state index contributed by atoms with van der Waals surface area (Å²) in [6, 6.07) is 8.17. The van der Waals surface area contributed by atoms with Gasteiger partial charge in [0.15, 0.2) is 11.6 Å². The zero-order chi connectivity index (χ0) is 33.9. The van der Waals surface area contributed by atoms with Crippen LogP contribution in [0, 0.1) is 17.1 Å². The number of carbonyl (C=O) groups is 1. The van der Waals surface area contributed by atoms with Gasteiger partial charge in [0.25, 0.3) is 5.56 Å². The number of aromatic nitrogens is 2. The zero-order valence-corrected chi connectivity index (χ0v) is 27.3. The molecular formula is C31H38F2N6O6S. The SMILES string of the molecule is CCN(C)S(=O)(=O)Nc1ccc(F)c(Oc2ccc3ncn(CCCC4(F)CCN(C(=O)OC(C)(C)C)CC4)c(=O)c3c2)c1C#N. The number of nitrogens with one attached hydrogen (secondary N) is 1. The molecule has 248 valence electrons. The van der Waals surface area contributed by atoms with Crippen molar-refractivity contribution in [2.24, 2.45) is 0 Å². The minimum absolute atomic E-state index is 0.0182. The first kappa shape index (κ1) is 34.6. The van der Waals surface area contributed by atoms with Crippen molar-refractivity contribution in [2.45, 2.75) is 71.2 Å². The number of aryl methyl sites for hydroxylation is 1. The second kappa shape index (κ2) is 13.6. The molecule has 0 unspecified atom stereocenters. The van der Waals surface area contributed by atoms with Gasteiger partial charge >= 0.3 is 16.3 Å². The van der Waals surface area contributed by atoms with Gasteiger partial charge in [0, 0.05) is 33.2 Å². The molecule has 0 radical (unpaired) electrons. The number of fused-ring (bicyclic) bond motifs is 1. The molecule has 0 bridgehead atoms. The third-order valence-corrected chi connectivity index (χ3v) is 9.22. The third kappa shape index (κ3) is 8.10. The van der Waals surface area contributed by atoms with Crippen molar-refractivity contribution >= 4 is 32.9 Å². The molecule has 0 atom stereocenters. The number of amides is 1. The molecule has 1 amide bonds. The molecule has 1 fully saturated rings. The van der Waals surface area contributed by atoms with Gasteiger partial charge in [-0.25, -0.2) is 18.6 Å². The Morgan fingerprint density at radius 3 is 2.54 bits per heavy atom. The van der Waals surface area contributed by atoms with Crippen LogP contribution in [0.1, 0.15) is 58.9 Å². The molecule has 46 heavy (non-hydrogen) atoms. The van der Waals surface area contributed by atoms with E-state index in [1.165, 1.54) is 41.0 Å². The first-order valence-electron chi connectivity index (χ1n) is 14.9. The molecule has 3 aromatic rings. The molecule has 1 saturated heterocycles. The van der Waals surface area contributed by atoms with Crippen LogP contribution in [0.25, 0.3) is 10.9 Å². The minimum Gasteiger partial charge on any atom is -0.453 e. The molecule has 0 aliphatic carbocycles. The lowest BCUT2D eigenvalue weighted by atomic mass is 9.89. The zero-order valence-electron chi connectivity index (χ0n) is 26.5. The standard InChI is InChI=1S/C31H38F2N6O6S/c1-6-37(5)46(42,43)36-26-11-9-24(32)27(23(26)19-34)44-21-8-10-25-22(18-21)28(40)39(20-35-25)15-7-12-31(33)13-16-38(17-14-31)29(41)45-30(2,3)4/h8-11,18,20,36H,6-7,12-17H2,1-5H3. The van der Waals surface area contributed by atoms with Crippen LogP contribution < -0.4 is 15.0 Å². The van der Waals surface area contributed by atoms with E-state index in [0.717, 1.165) is 16.4 Å². The maximum Gasteiger partial charge on any atom is 0.410 e. The highest BCUT2D eigenvalue weighted by molar-refractivity contribution is 7.90. The summed E-state index contributed by atoms with van der Waals surface area (Å²) in [5.74, 6) is -1.41. The van der Waals surface area contributed by atoms with Crippen molar-refractivity contribution in [1.82, 2.24) is 18.8 Å². The Labute approximate surface area is 266 Å². The van der Waals surface area contributed by atoms with Crippen molar-refractivity contribution in [3.8, 4) is 17.6 Å². The quantitative estimate of drug-likeness (QED) is 0.307. The lowest BCUT2D eigenvalue weighted by molar-refractivity contribution is 0.000831. The van der Waals surface area contributed by atoms with E-state index in [4.69, 9.17) is 9.47 Å². The Bertz CT molecular complexity index is 1810. The fourth-order valence-corrected chi connectivity index (χ4v) is 5.90. The molecular weight excluding hydrogens is 622 g/mol. The monoisotopic (exact) mass is 660 g/mol. The molecule has 0 spiro atoms. The highest BCUT2D eigenvalue weighted by Crippen LogP contribution is 2.35. The van der Waals surface area contributed by atoms with E-state index in [1.807, 2.05) is 0 Å². The van der Waals surface area contributed by atoms with Crippen LogP contribution in [0.4, 0.5) is 19.3 Å². The van der Waals surface area contributed by atoms with Crippen LogP contribution in [-0.2, 0) is 21.5 Å². The van der Waals surface area contributed by atoms with Crippen LogP contribution in [0.3, 0.4) is 0 Å². The van der Waals surface area contributed by atoms with Gasteiger partial charge in [0.1, 0.15) is 28.7 Å². The summed E-state index contributed by atoms with van der Waals surface area (Å²) >= 11 is 0. The number of anilines is 1. The Hall–Kier alpha value is -4.29. The number of piperidine rings is 1. The van der Waals surface area contributed by atoms with E-state index in [2.05, 4.69) is 9.71 Å². The molecule has 1 aromatic heterocycles. The predicted molar refractivity (Wildman–Crippen MR) is 168 cm³/mol. The number of likely N-dealkylation sites (tertiary alicyclic amines) is 1. The Kier molecular flexibility index (Phi) is 10.2.